The van der Waals surface area contributed by atoms with Gasteiger partial charge in [0, 0.05) is 5.56 Å². The van der Waals surface area contributed by atoms with E-state index in [1.54, 1.807) is 9.80 Å². The van der Waals surface area contributed by atoms with E-state index in [1.807, 2.05) is 0 Å². The predicted octanol–water partition coefficient (Wildman–Crippen LogP) is -3.11. The van der Waals surface area contributed by atoms with Crippen LogP contribution in [0.5, 0.6) is 0 Å². The molecule has 2 aromatic carbocycles. The van der Waals surface area contributed by atoms with Gasteiger partial charge in [0.25, 0.3) is 0 Å². The van der Waals surface area contributed by atoms with Gasteiger partial charge in [0.2, 0.25) is 0 Å². The molecule has 0 saturated carbocycles. The van der Waals surface area contributed by atoms with E-state index in [0.29, 0.717) is 6.04 Å². The van der Waals surface area contributed by atoms with Crippen molar-refractivity contribution in [2.45, 2.75) is 13.0 Å². The molecule has 1 saturated heterocycles. The van der Waals surface area contributed by atoms with Crippen LogP contribution < -0.4 is 20.0 Å². The fraction of sp³-hybridized carbons (Fsp3) is 0.280. The lowest BCUT2D eigenvalue weighted by atomic mass is 10.1. The van der Waals surface area contributed by atoms with Gasteiger partial charge < -0.3 is 39.8 Å². The first kappa shape index (κ1) is 29.0. The number of piperazine rings is 1. The molecule has 1 aliphatic heterocycles. The number of hydrogen-bond donors (Lipinski definition) is 4. The van der Waals surface area contributed by atoms with Crippen molar-refractivity contribution in [3.05, 3.63) is 77.9 Å². The van der Waals surface area contributed by atoms with Crippen LogP contribution in [0.25, 0.3) is 6.08 Å². The molecule has 2 aromatic rings. The lowest BCUT2D eigenvalue weighted by molar-refractivity contribution is -1.02. The van der Waals surface area contributed by atoms with Gasteiger partial charge in [-0.25, -0.2) is 9.59 Å². The Bertz CT molecular complexity index is 923. The minimum absolute atomic E-state index is 0.609. The highest BCUT2D eigenvalue weighted by atomic mass is 16.4. The maximum atomic E-state index is 9.04. The van der Waals surface area contributed by atoms with Crippen LogP contribution in [0, 0.1) is 0 Å². The fourth-order valence-corrected chi connectivity index (χ4v) is 3.47. The van der Waals surface area contributed by atoms with E-state index in [0.717, 1.165) is 6.54 Å². The molecule has 35 heavy (non-hydrogen) atoms. The van der Waals surface area contributed by atoms with Gasteiger partial charge in [-0.2, -0.15) is 0 Å². The first-order valence-electron chi connectivity index (χ1n) is 10.9. The average molecular weight is 487 g/mol. The molecule has 0 radical (unpaired) electrons. The number of carboxylic acids is 4. The quantitative estimate of drug-likeness (QED) is 0.323. The number of hydrogen-bond acceptors (Lipinski definition) is 6. The molecule has 1 atom stereocenters. The van der Waals surface area contributed by atoms with Crippen molar-refractivity contribution < 1.29 is 49.4 Å². The largest absolute Gasteiger partial charge is 0.539 e. The summed E-state index contributed by atoms with van der Waals surface area (Å²) in [5.74, 6) is -8.02. The fourth-order valence-electron chi connectivity index (χ4n) is 3.47. The third-order valence-electron chi connectivity index (χ3n) is 5.38. The minimum Gasteiger partial charge on any atom is -0.539 e. The second-order valence-corrected chi connectivity index (χ2v) is 7.74. The summed E-state index contributed by atoms with van der Waals surface area (Å²) in [6, 6.07) is 22.1. The first-order chi connectivity index (χ1) is 16.6. The van der Waals surface area contributed by atoms with Crippen molar-refractivity contribution in [2.75, 3.05) is 32.7 Å². The molecule has 3 rings (SSSR count). The Morgan fingerprint density at radius 2 is 1.26 bits per heavy atom. The monoisotopic (exact) mass is 486 g/mol. The summed E-state index contributed by atoms with van der Waals surface area (Å²) in [7, 11) is 0. The number of rotatable bonds is 5. The van der Waals surface area contributed by atoms with Crippen LogP contribution in [0.3, 0.4) is 0 Å². The Kier molecular flexibility index (Phi) is 13.1. The second-order valence-electron chi connectivity index (χ2n) is 7.74. The Morgan fingerprint density at radius 1 is 0.829 bits per heavy atom. The number of carbonyl (C=O) groups is 4. The van der Waals surface area contributed by atoms with E-state index in [1.165, 1.54) is 37.3 Å². The zero-order chi connectivity index (χ0) is 26.2. The zero-order valence-electron chi connectivity index (χ0n) is 19.4. The molecule has 1 fully saturated rings. The Morgan fingerprint density at radius 3 is 1.69 bits per heavy atom. The highest BCUT2D eigenvalue weighted by Gasteiger charge is 2.26. The molecule has 1 aliphatic rings. The van der Waals surface area contributed by atoms with Crippen molar-refractivity contribution >= 4 is 30.0 Å². The molecule has 1 heterocycles. The Balaban J connectivity index is 0.000000425. The van der Waals surface area contributed by atoms with Gasteiger partial charge >= 0.3 is 11.9 Å². The van der Waals surface area contributed by atoms with Gasteiger partial charge in [-0.1, -0.05) is 66.7 Å². The van der Waals surface area contributed by atoms with Gasteiger partial charge in [-0.15, -0.1) is 0 Å². The Hall–Kier alpha value is -4.02. The summed E-state index contributed by atoms with van der Waals surface area (Å²) in [5.41, 5.74) is 2.77. The number of aliphatic carboxylic acids is 4. The SMILES string of the molecule is CC(c1ccccc1)[NH+]1CC[NH+](C/C=C/c2ccccc2)CC1.O=C([O-])C(=O)O.O=C([O-])C(=O)O. The number of quaternary nitrogens is 2. The lowest BCUT2D eigenvalue weighted by Gasteiger charge is -2.33. The molecular weight excluding hydrogens is 456 g/mol. The van der Waals surface area contributed by atoms with Crippen LogP contribution in [0.4, 0.5) is 0 Å². The van der Waals surface area contributed by atoms with Gasteiger partial charge in [-0.3, -0.25) is 0 Å². The molecule has 1 unspecified atom stereocenters. The standard InChI is InChI=1S/C21H26N2.2C2H2O4/c1-19(21-12-6-3-7-13-21)23-17-15-22(16-18-23)14-8-11-20-9-4-2-5-10-20;2*3-1(4)2(5)6/h2-13,19H,14-18H2,1H3;2*(H,3,4)(H,5,6)/b11-8+;;. The van der Waals surface area contributed by atoms with Gasteiger partial charge in [-0.05, 0) is 18.6 Å². The van der Waals surface area contributed by atoms with Crippen LogP contribution in [-0.2, 0) is 19.2 Å². The summed E-state index contributed by atoms with van der Waals surface area (Å²) >= 11 is 0. The number of benzene rings is 2. The number of carboxylic acid groups (broad SMARTS) is 4. The van der Waals surface area contributed by atoms with E-state index >= 15 is 0 Å². The van der Waals surface area contributed by atoms with Crippen molar-refractivity contribution in [3.63, 3.8) is 0 Å². The van der Waals surface area contributed by atoms with Crippen LogP contribution in [-0.4, -0.2) is 66.8 Å². The molecule has 4 N–H and O–H groups in total. The Labute approximate surface area is 203 Å². The molecule has 0 aromatic heterocycles. The first-order valence-corrected chi connectivity index (χ1v) is 10.9. The summed E-state index contributed by atoms with van der Waals surface area (Å²) in [4.78, 5) is 39.5. The predicted molar refractivity (Wildman–Crippen MR) is 122 cm³/mol. The van der Waals surface area contributed by atoms with Crippen molar-refractivity contribution in [2.24, 2.45) is 0 Å². The highest BCUT2D eigenvalue weighted by Crippen LogP contribution is 2.07. The molecule has 0 aliphatic carbocycles. The van der Waals surface area contributed by atoms with E-state index in [4.69, 9.17) is 39.6 Å². The highest BCUT2D eigenvalue weighted by molar-refractivity contribution is 6.26. The van der Waals surface area contributed by atoms with E-state index < -0.39 is 23.9 Å². The van der Waals surface area contributed by atoms with Crippen LogP contribution in [0.1, 0.15) is 24.1 Å². The van der Waals surface area contributed by atoms with Gasteiger partial charge in [0.15, 0.2) is 11.9 Å². The van der Waals surface area contributed by atoms with Crippen molar-refractivity contribution in [1.29, 1.82) is 0 Å². The molecule has 10 heteroatoms. The molecule has 0 spiro atoms. The summed E-state index contributed by atoms with van der Waals surface area (Å²) in [6.45, 7) is 8.58. The maximum Gasteiger partial charge on any atom is 0.351 e. The molecule has 0 bridgehead atoms. The number of carbonyl (C=O) groups excluding carboxylic acids is 2. The van der Waals surface area contributed by atoms with Crippen LogP contribution in [0.2, 0.25) is 0 Å². The normalized spacial score (nSPS) is 17.6. The zero-order valence-corrected chi connectivity index (χ0v) is 19.4. The smallest absolute Gasteiger partial charge is 0.351 e. The van der Waals surface area contributed by atoms with Gasteiger partial charge in [0.1, 0.15) is 32.2 Å². The van der Waals surface area contributed by atoms with Crippen molar-refractivity contribution in [3.8, 4) is 0 Å². The summed E-state index contributed by atoms with van der Waals surface area (Å²) in [5, 5.41) is 32.6. The van der Waals surface area contributed by atoms with Crippen molar-refractivity contribution in [1.82, 2.24) is 0 Å². The summed E-state index contributed by atoms with van der Waals surface area (Å²) < 4.78 is 0. The minimum atomic E-state index is -2.07. The maximum absolute atomic E-state index is 9.04. The second kappa shape index (κ2) is 15.8. The molecule has 188 valence electrons. The van der Waals surface area contributed by atoms with E-state index in [9.17, 15) is 0 Å². The van der Waals surface area contributed by atoms with Gasteiger partial charge in [0.05, 0.1) is 6.54 Å². The third-order valence-corrected chi connectivity index (χ3v) is 5.38. The molecule has 0 amide bonds. The summed E-state index contributed by atoms with van der Waals surface area (Å²) in [6.07, 6.45) is 4.58. The van der Waals surface area contributed by atoms with Crippen LogP contribution in [0.15, 0.2) is 66.7 Å². The van der Waals surface area contributed by atoms with Crippen LogP contribution >= 0.6 is 0 Å². The molecule has 10 nitrogen and oxygen atoms in total. The molecular formula is C25H30N2O8. The topological polar surface area (TPSA) is 164 Å². The number of nitrogens with one attached hydrogen (secondary N) is 2. The van der Waals surface area contributed by atoms with E-state index in [-0.39, 0.29) is 0 Å². The van der Waals surface area contributed by atoms with E-state index in [2.05, 4.69) is 79.7 Å². The third kappa shape index (κ3) is 12.1. The average Bonchev–Trinajstić information content (AvgIpc) is 2.86. The lowest BCUT2D eigenvalue weighted by Crippen LogP contribution is -3.28.